The molecular weight excluding hydrogens is 346 g/mol. The van der Waals surface area contributed by atoms with Crippen LogP contribution in [0.15, 0.2) is 53.2 Å². The highest BCUT2D eigenvalue weighted by Crippen LogP contribution is 2.26. The van der Waals surface area contributed by atoms with Gasteiger partial charge in [-0.3, -0.25) is 4.79 Å². The maximum Gasteiger partial charge on any atom is 0.257 e. The van der Waals surface area contributed by atoms with Crippen molar-refractivity contribution in [3.05, 3.63) is 54.1 Å². The molecule has 0 saturated carbocycles. The van der Waals surface area contributed by atoms with Crippen LogP contribution in [-0.4, -0.2) is 29.9 Å². The summed E-state index contributed by atoms with van der Waals surface area (Å²) in [5, 5.41) is 10.4. The molecule has 7 nitrogen and oxygen atoms in total. The van der Waals surface area contributed by atoms with Crippen LogP contribution in [0.5, 0.6) is 11.5 Å². The van der Waals surface area contributed by atoms with E-state index in [0.29, 0.717) is 23.6 Å². The molecule has 27 heavy (non-hydrogen) atoms. The summed E-state index contributed by atoms with van der Waals surface area (Å²) in [5.74, 6) is 1.31. The van der Waals surface area contributed by atoms with Crippen molar-refractivity contribution in [3.8, 4) is 22.8 Å². The van der Waals surface area contributed by atoms with E-state index in [9.17, 15) is 4.79 Å². The number of ether oxygens (including phenoxy) is 2. The zero-order chi connectivity index (χ0) is 19.1. The summed E-state index contributed by atoms with van der Waals surface area (Å²) in [5.41, 5.74) is 1.66. The van der Waals surface area contributed by atoms with Gasteiger partial charge in [-0.2, -0.15) is 0 Å². The number of benzene rings is 2. The molecule has 0 bridgehead atoms. The molecule has 0 radical (unpaired) electrons. The molecule has 0 spiro atoms. The van der Waals surface area contributed by atoms with Gasteiger partial charge in [0.15, 0.2) is 5.69 Å². The van der Waals surface area contributed by atoms with Gasteiger partial charge in [-0.15, -0.1) is 0 Å². The van der Waals surface area contributed by atoms with Gasteiger partial charge in [0.1, 0.15) is 11.5 Å². The van der Waals surface area contributed by atoms with E-state index in [0.717, 1.165) is 24.2 Å². The smallest absolute Gasteiger partial charge is 0.257 e. The molecule has 0 saturated heterocycles. The topological polar surface area (TPSA) is 86.5 Å². The summed E-state index contributed by atoms with van der Waals surface area (Å²) in [7, 11) is 1.60. The van der Waals surface area contributed by atoms with Crippen LogP contribution in [0.4, 0.5) is 5.82 Å². The van der Waals surface area contributed by atoms with E-state index in [-0.39, 0.29) is 11.7 Å². The lowest BCUT2D eigenvalue weighted by Crippen LogP contribution is -2.13. The summed E-state index contributed by atoms with van der Waals surface area (Å²) in [6.07, 6.45) is 2.01. The average molecular weight is 367 g/mol. The van der Waals surface area contributed by atoms with Gasteiger partial charge < -0.3 is 14.8 Å². The maximum atomic E-state index is 12.6. The lowest BCUT2D eigenvalue weighted by molar-refractivity contribution is 0.102. The van der Waals surface area contributed by atoms with E-state index in [1.807, 2.05) is 18.2 Å². The van der Waals surface area contributed by atoms with E-state index >= 15 is 0 Å². The number of hydrogen-bond acceptors (Lipinski definition) is 6. The van der Waals surface area contributed by atoms with Crippen molar-refractivity contribution in [2.75, 3.05) is 19.0 Å². The number of aromatic nitrogens is 2. The SMILES string of the molecule is CCCCOc1cccc(C(=O)Nc2nonc2-c2ccc(OC)cc2)c1. The Labute approximate surface area is 157 Å². The van der Waals surface area contributed by atoms with Gasteiger partial charge in [-0.1, -0.05) is 19.4 Å². The summed E-state index contributed by atoms with van der Waals surface area (Å²) in [6, 6.07) is 14.2. The van der Waals surface area contributed by atoms with Crippen molar-refractivity contribution < 1.29 is 18.9 Å². The molecular formula is C20H21N3O4. The van der Waals surface area contributed by atoms with E-state index in [4.69, 9.17) is 14.1 Å². The molecule has 2 aromatic carbocycles. The van der Waals surface area contributed by atoms with Crippen LogP contribution < -0.4 is 14.8 Å². The van der Waals surface area contributed by atoms with Gasteiger partial charge in [0.2, 0.25) is 5.82 Å². The lowest BCUT2D eigenvalue weighted by Gasteiger charge is -2.08. The van der Waals surface area contributed by atoms with Crippen LogP contribution in [0.25, 0.3) is 11.3 Å². The lowest BCUT2D eigenvalue weighted by atomic mass is 10.1. The van der Waals surface area contributed by atoms with E-state index in [1.54, 1.807) is 37.4 Å². The van der Waals surface area contributed by atoms with E-state index < -0.39 is 0 Å². The Balaban J connectivity index is 1.73. The quantitative estimate of drug-likeness (QED) is 0.601. The molecule has 1 heterocycles. The highest BCUT2D eigenvalue weighted by Gasteiger charge is 2.16. The molecule has 1 N–H and O–H groups in total. The van der Waals surface area contributed by atoms with Crippen molar-refractivity contribution in [2.45, 2.75) is 19.8 Å². The number of amides is 1. The summed E-state index contributed by atoms with van der Waals surface area (Å²) >= 11 is 0. The standard InChI is InChI=1S/C20H21N3O4/c1-3-4-12-26-17-7-5-6-15(13-17)20(24)21-19-18(22-27-23-19)14-8-10-16(25-2)11-9-14/h5-11,13H,3-4,12H2,1-2H3,(H,21,23,24). The van der Waals surface area contributed by atoms with Gasteiger partial charge in [0, 0.05) is 11.1 Å². The molecule has 0 aliphatic heterocycles. The molecule has 0 aliphatic rings. The van der Waals surface area contributed by atoms with E-state index in [1.165, 1.54) is 0 Å². The Morgan fingerprint density at radius 2 is 1.93 bits per heavy atom. The second-order valence-electron chi connectivity index (χ2n) is 5.87. The third-order valence-corrected chi connectivity index (χ3v) is 3.95. The summed E-state index contributed by atoms with van der Waals surface area (Å²) in [4.78, 5) is 12.6. The first-order chi connectivity index (χ1) is 13.2. The molecule has 1 aromatic heterocycles. The predicted molar refractivity (Wildman–Crippen MR) is 101 cm³/mol. The monoisotopic (exact) mass is 367 g/mol. The fraction of sp³-hybridized carbons (Fsp3) is 0.250. The van der Waals surface area contributed by atoms with Crippen LogP contribution in [0, 0.1) is 0 Å². The molecule has 140 valence electrons. The van der Waals surface area contributed by atoms with Gasteiger partial charge in [0.25, 0.3) is 5.91 Å². The molecule has 0 atom stereocenters. The maximum absolute atomic E-state index is 12.6. The highest BCUT2D eigenvalue weighted by molar-refractivity contribution is 6.05. The number of rotatable bonds is 8. The number of carbonyl (C=O) groups excluding carboxylic acids is 1. The van der Waals surface area contributed by atoms with Crippen LogP contribution in [-0.2, 0) is 0 Å². The third kappa shape index (κ3) is 4.63. The summed E-state index contributed by atoms with van der Waals surface area (Å²) < 4.78 is 15.6. The van der Waals surface area contributed by atoms with E-state index in [2.05, 4.69) is 22.6 Å². The molecule has 7 heteroatoms. The second kappa shape index (κ2) is 8.84. The molecule has 1 amide bonds. The predicted octanol–water partition coefficient (Wildman–Crippen LogP) is 4.18. The number of nitrogens with zero attached hydrogens (tertiary/aromatic N) is 2. The molecule has 3 rings (SSSR count). The number of hydrogen-bond donors (Lipinski definition) is 1. The zero-order valence-corrected chi connectivity index (χ0v) is 15.3. The molecule has 0 unspecified atom stereocenters. The highest BCUT2D eigenvalue weighted by atomic mass is 16.6. The number of nitrogens with one attached hydrogen (secondary N) is 1. The van der Waals surface area contributed by atoms with Crippen molar-refractivity contribution in [3.63, 3.8) is 0 Å². The fourth-order valence-electron chi connectivity index (χ4n) is 2.45. The van der Waals surface area contributed by atoms with Gasteiger partial charge in [0.05, 0.1) is 13.7 Å². The van der Waals surface area contributed by atoms with Crippen LogP contribution in [0.2, 0.25) is 0 Å². The molecule has 0 aliphatic carbocycles. The number of carbonyl (C=O) groups is 1. The van der Waals surface area contributed by atoms with Crippen LogP contribution in [0.1, 0.15) is 30.1 Å². The van der Waals surface area contributed by atoms with Gasteiger partial charge in [-0.05, 0) is 59.2 Å². The fourth-order valence-corrected chi connectivity index (χ4v) is 2.45. The van der Waals surface area contributed by atoms with Crippen molar-refractivity contribution in [1.29, 1.82) is 0 Å². The normalized spacial score (nSPS) is 10.4. The number of anilines is 1. The first kappa shape index (κ1) is 18.4. The van der Waals surface area contributed by atoms with Crippen molar-refractivity contribution in [1.82, 2.24) is 10.3 Å². The molecule has 3 aromatic rings. The van der Waals surface area contributed by atoms with Crippen molar-refractivity contribution >= 4 is 11.7 Å². The molecule has 0 fully saturated rings. The number of unbranched alkanes of at least 4 members (excludes halogenated alkanes) is 1. The minimum absolute atomic E-state index is 0.252. The Morgan fingerprint density at radius 1 is 1.11 bits per heavy atom. The zero-order valence-electron chi connectivity index (χ0n) is 15.3. The minimum Gasteiger partial charge on any atom is -0.497 e. The van der Waals surface area contributed by atoms with Crippen LogP contribution in [0.3, 0.4) is 0 Å². The average Bonchev–Trinajstić information content (AvgIpc) is 3.16. The Kier molecular flexibility index (Phi) is 6.04. The summed E-state index contributed by atoms with van der Waals surface area (Å²) in [6.45, 7) is 2.72. The van der Waals surface area contributed by atoms with Crippen molar-refractivity contribution in [2.24, 2.45) is 0 Å². The Morgan fingerprint density at radius 3 is 2.67 bits per heavy atom. The first-order valence-electron chi connectivity index (χ1n) is 8.72. The van der Waals surface area contributed by atoms with Gasteiger partial charge >= 0.3 is 0 Å². The van der Waals surface area contributed by atoms with Crippen LogP contribution >= 0.6 is 0 Å². The Hall–Kier alpha value is -3.35. The first-order valence-corrected chi connectivity index (χ1v) is 8.72. The second-order valence-corrected chi connectivity index (χ2v) is 5.87. The van der Waals surface area contributed by atoms with Gasteiger partial charge in [-0.25, -0.2) is 4.63 Å². The largest absolute Gasteiger partial charge is 0.497 e. The number of methoxy groups -OCH3 is 1. The Bertz CT molecular complexity index is 890. The third-order valence-electron chi connectivity index (χ3n) is 3.95. The minimum atomic E-state index is -0.318.